The van der Waals surface area contributed by atoms with Crippen LogP contribution in [0.25, 0.3) is 11.1 Å². The summed E-state index contributed by atoms with van der Waals surface area (Å²) in [6.45, 7) is 16.3. The van der Waals surface area contributed by atoms with E-state index in [0.29, 0.717) is 0 Å². The Morgan fingerprint density at radius 3 is 1.06 bits per heavy atom. The summed E-state index contributed by atoms with van der Waals surface area (Å²) >= 11 is 0. The van der Waals surface area contributed by atoms with Crippen molar-refractivity contribution < 1.29 is 0 Å². The highest BCUT2D eigenvalue weighted by Gasteiger charge is 2.08. The number of nitrogens with zero attached hydrogens (tertiary/aromatic N) is 2. The van der Waals surface area contributed by atoms with Crippen LogP contribution in [0, 0.1) is 0 Å². The molecule has 2 aromatic carbocycles. The first-order valence-electron chi connectivity index (χ1n) is 15.3. The Bertz CT molecular complexity index is 697. The number of hydrogen-bond acceptors (Lipinski definition) is 2. The lowest BCUT2D eigenvalue weighted by Gasteiger charge is -2.23. The molecule has 0 spiro atoms. The van der Waals surface area contributed by atoms with Gasteiger partial charge in [-0.3, -0.25) is 9.80 Å². The van der Waals surface area contributed by atoms with Gasteiger partial charge in [0.05, 0.1) is 0 Å². The summed E-state index contributed by atoms with van der Waals surface area (Å²) in [4.78, 5) is 5.32. The van der Waals surface area contributed by atoms with E-state index in [1.54, 1.807) is 0 Å². The van der Waals surface area contributed by atoms with E-state index in [1.165, 1.54) is 125 Å². The fraction of sp³-hybridized carbons (Fsp3) is 0.647. The van der Waals surface area contributed by atoms with Gasteiger partial charge in [0.1, 0.15) is 0 Å². The van der Waals surface area contributed by atoms with Gasteiger partial charge >= 0.3 is 0 Å². The molecule has 2 heteroatoms. The Hall–Kier alpha value is -1.64. The minimum absolute atomic E-state index is 1.08. The topological polar surface area (TPSA) is 6.48 Å². The van der Waals surface area contributed by atoms with E-state index in [0.717, 1.165) is 13.1 Å². The Labute approximate surface area is 224 Å². The standard InChI is InChI=1S/C34H56N2/c1-5-9-13-15-27-35(25-11-7-3)29-31-17-21-33(22-18-31)34-23-19-32(20-24-34)30-36(26-12-8-4)28-16-14-10-6-2/h17-24H,5-16,25-30H2,1-4H3. The van der Waals surface area contributed by atoms with Crippen molar-refractivity contribution in [3.8, 4) is 11.1 Å². The van der Waals surface area contributed by atoms with Crippen molar-refractivity contribution in [1.82, 2.24) is 9.80 Å². The third kappa shape index (κ3) is 12.5. The molecule has 0 N–H and O–H groups in total. The molecule has 0 aliphatic rings. The van der Waals surface area contributed by atoms with Crippen molar-refractivity contribution in [3.63, 3.8) is 0 Å². The van der Waals surface area contributed by atoms with Crippen LogP contribution in [0.3, 0.4) is 0 Å². The first-order chi connectivity index (χ1) is 17.7. The number of hydrogen-bond donors (Lipinski definition) is 0. The van der Waals surface area contributed by atoms with Crippen LogP contribution in [0.2, 0.25) is 0 Å². The summed E-state index contributed by atoms with van der Waals surface area (Å²) in [7, 11) is 0. The van der Waals surface area contributed by atoms with Gasteiger partial charge in [0.2, 0.25) is 0 Å². The average Bonchev–Trinajstić information content (AvgIpc) is 2.91. The van der Waals surface area contributed by atoms with E-state index >= 15 is 0 Å². The van der Waals surface area contributed by atoms with Crippen LogP contribution in [0.1, 0.15) is 116 Å². The average molecular weight is 493 g/mol. The molecule has 0 aliphatic heterocycles. The minimum atomic E-state index is 1.08. The maximum absolute atomic E-state index is 2.66. The fourth-order valence-electron chi connectivity index (χ4n) is 4.95. The lowest BCUT2D eigenvalue weighted by atomic mass is 10.0. The van der Waals surface area contributed by atoms with Gasteiger partial charge in [0.25, 0.3) is 0 Å². The van der Waals surface area contributed by atoms with Gasteiger partial charge in [-0.25, -0.2) is 0 Å². The molecule has 0 aliphatic carbocycles. The van der Waals surface area contributed by atoms with Crippen molar-refractivity contribution in [2.24, 2.45) is 0 Å². The summed E-state index contributed by atoms with van der Waals surface area (Å²) in [5.41, 5.74) is 5.54. The molecule has 2 nitrogen and oxygen atoms in total. The van der Waals surface area contributed by atoms with Crippen molar-refractivity contribution >= 4 is 0 Å². The van der Waals surface area contributed by atoms with Crippen LogP contribution >= 0.6 is 0 Å². The first kappa shape index (κ1) is 30.6. The van der Waals surface area contributed by atoms with Crippen LogP contribution in [0.4, 0.5) is 0 Å². The second-order valence-corrected chi connectivity index (χ2v) is 10.8. The summed E-state index contributed by atoms with van der Waals surface area (Å²) in [6, 6.07) is 18.7. The summed E-state index contributed by atoms with van der Waals surface area (Å²) in [5.74, 6) is 0. The number of unbranched alkanes of at least 4 members (excludes halogenated alkanes) is 8. The molecule has 36 heavy (non-hydrogen) atoms. The first-order valence-corrected chi connectivity index (χ1v) is 15.3. The predicted octanol–water partition coefficient (Wildman–Crippen LogP) is 9.72. The zero-order valence-corrected chi connectivity index (χ0v) is 24.2. The van der Waals surface area contributed by atoms with E-state index in [1.807, 2.05) is 0 Å². The molecule has 0 radical (unpaired) electrons. The quantitative estimate of drug-likeness (QED) is 0.160. The van der Waals surface area contributed by atoms with E-state index in [9.17, 15) is 0 Å². The molecule has 0 saturated heterocycles. The van der Waals surface area contributed by atoms with Crippen LogP contribution in [-0.4, -0.2) is 36.0 Å². The lowest BCUT2D eigenvalue weighted by molar-refractivity contribution is 0.255. The van der Waals surface area contributed by atoms with Gasteiger partial charge in [0, 0.05) is 13.1 Å². The molecule has 0 fully saturated rings. The maximum Gasteiger partial charge on any atom is 0.0233 e. The third-order valence-corrected chi connectivity index (χ3v) is 7.37. The maximum atomic E-state index is 2.66. The number of rotatable bonds is 21. The minimum Gasteiger partial charge on any atom is -0.299 e. The van der Waals surface area contributed by atoms with Gasteiger partial charge in [-0.1, -0.05) is 128 Å². The van der Waals surface area contributed by atoms with Crippen LogP contribution in [0.15, 0.2) is 48.5 Å². The fourth-order valence-corrected chi connectivity index (χ4v) is 4.95. The highest BCUT2D eigenvalue weighted by molar-refractivity contribution is 5.63. The van der Waals surface area contributed by atoms with Crippen LogP contribution < -0.4 is 0 Å². The van der Waals surface area contributed by atoms with Gasteiger partial charge in [0.15, 0.2) is 0 Å². The van der Waals surface area contributed by atoms with Gasteiger partial charge < -0.3 is 0 Å². The predicted molar refractivity (Wildman–Crippen MR) is 161 cm³/mol. The van der Waals surface area contributed by atoms with Gasteiger partial charge in [-0.05, 0) is 74.1 Å². The summed E-state index contributed by atoms with van der Waals surface area (Å²) in [6.07, 6.45) is 15.9. The normalized spacial score (nSPS) is 11.6. The smallest absolute Gasteiger partial charge is 0.0233 e. The molecule has 202 valence electrons. The van der Waals surface area contributed by atoms with E-state index in [4.69, 9.17) is 0 Å². The number of benzene rings is 2. The Kier molecular flexibility index (Phi) is 16.5. The Morgan fingerprint density at radius 1 is 0.389 bits per heavy atom. The molecular formula is C34H56N2. The molecular weight excluding hydrogens is 436 g/mol. The molecule has 0 unspecified atom stereocenters. The highest BCUT2D eigenvalue weighted by atomic mass is 15.1. The second kappa shape index (κ2) is 19.5. The molecule has 0 bridgehead atoms. The Balaban J connectivity index is 1.92. The van der Waals surface area contributed by atoms with E-state index < -0.39 is 0 Å². The van der Waals surface area contributed by atoms with Crippen molar-refractivity contribution in [3.05, 3.63) is 59.7 Å². The Morgan fingerprint density at radius 2 is 0.722 bits per heavy atom. The summed E-state index contributed by atoms with van der Waals surface area (Å²) in [5, 5.41) is 0. The monoisotopic (exact) mass is 492 g/mol. The third-order valence-electron chi connectivity index (χ3n) is 7.37. The zero-order valence-electron chi connectivity index (χ0n) is 24.2. The highest BCUT2D eigenvalue weighted by Crippen LogP contribution is 2.22. The zero-order chi connectivity index (χ0) is 25.8. The lowest BCUT2D eigenvalue weighted by Crippen LogP contribution is -2.25. The molecule has 0 saturated carbocycles. The molecule has 0 amide bonds. The van der Waals surface area contributed by atoms with E-state index in [-0.39, 0.29) is 0 Å². The van der Waals surface area contributed by atoms with Crippen LogP contribution in [0.5, 0.6) is 0 Å². The molecule has 0 atom stereocenters. The second-order valence-electron chi connectivity index (χ2n) is 10.8. The van der Waals surface area contributed by atoms with Crippen LogP contribution in [-0.2, 0) is 13.1 Å². The van der Waals surface area contributed by atoms with Crippen molar-refractivity contribution in [1.29, 1.82) is 0 Å². The molecule has 0 heterocycles. The van der Waals surface area contributed by atoms with Gasteiger partial charge in [-0.2, -0.15) is 0 Å². The van der Waals surface area contributed by atoms with Gasteiger partial charge in [-0.15, -0.1) is 0 Å². The SMILES string of the molecule is CCCCCCN(CCCC)Cc1ccc(-c2ccc(CN(CCCC)CCCCCC)cc2)cc1. The van der Waals surface area contributed by atoms with Crippen molar-refractivity contribution in [2.45, 2.75) is 118 Å². The van der Waals surface area contributed by atoms with Crippen molar-refractivity contribution in [2.75, 3.05) is 26.2 Å². The molecule has 0 aromatic heterocycles. The molecule has 2 rings (SSSR count). The molecule has 2 aromatic rings. The van der Waals surface area contributed by atoms with E-state index in [2.05, 4.69) is 86.0 Å². The summed E-state index contributed by atoms with van der Waals surface area (Å²) < 4.78 is 0. The largest absolute Gasteiger partial charge is 0.299 e.